The van der Waals surface area contributed by atoms with Crippen molar-refractivity contribution >= 4 is 50.3 Å². The fourth-order valence-electron chi connectivity index (χ4n) is 3.80. The Kier molecular flexibility index (Phi) is 6.01. The minimum absolute atomic E-state index is 0.137. The van der Waals surface area contributed by atoms with Crippen molar-refractivity contribution in [1.82, 2.24) is 4.90 Å². The van der Waals surface area contributed by atoms with Crippen molar-refractivity contribution in [2.75, 3.05) is 13.1 Å². The van der Waals surface area contributed by atoms with Crippen LogP contribution in [-0.4, -0.2) is 35.9 Å². The summed E-state index contributed by atoms with van der Waals surface area (Å²) < 4.78 is 12.7. The smallest absolute Gasteiger partial charge is 0.289 e. The fraction of sp³-hybridized carbons (Fsp3) is 0.273. The number of fused-ring (bicyclic) bond motifs is 1. The van der Waals surface area contributed by atoms with Gasteiger partial charge in [0.05, 0.1) is 0 Å². The number of furan rings is 1. The molecule has 0 radical (unpaired) electrons. The average Bonchev–Trinajstić information content (AvgIpc) is 3.11. The molecule has 0 spiro atoms. The topological polar surface area (TPSA) is 85.8 Å². The number of carbonyl (C=O) groups excluding carboxylic acids is 2. The minimum atomic E-state index is -0.421. The van der Waals surface area contributed by atoms with Gasteiger partial charge in [-0.15, -0.1) is 0 Å². The van der Waals surface area contributed by atoms with Crippen LogP contribution in [0.2, 0.25) is 5.02 Å². The molecule has 1 fully saturated rings. The van der Waals surface area contributed by atoms with Crippen LogP contribution in [0.4, 0.5) is 0 Å². The predicted molar refractivity (Wildman–Crippen MR) is 118 cm³/mol. The van der Waals surface area contributed by atoms with Crippen molar-refractivity contribution in [1.29, 1.82) is 0 Å². The molecule has 1 saturated heterocycles. The zero-order chi connectivity index (χ0) is 21.3. The van der Waals surface area contributed by atoms with Gasteiger partial charge in [0.1, 0.15) is 17.4 Å². The second kappa shape index (κ2) is 8.70. The van der Waals surface area contributed by atoms with Gasteiger partial charge in [0, 0.05) is 46.7 Å². The summed E-state index contributed by atoms with van der Waals surface area (Å²) >= 11 is 9.45. The van der Waals surface area contributed by atoms with E-state index >= 15 is 0 Å². The zero-order valence-electron chi connectivity index (χ0n) is 16.0. The van der Waals surface area contributed by atoms with Gasteiger partial charge >= 0.3 is 0 Å². The summed E-state index contributed by atoms with van der Waals surface area (Å²) in [4.78, 5) is 26.4. The molecule has 2 aromatic carbocycles. The summed E-state index contributed by atoms with van der Waals surface area (Å²) in [5.74, 6) is 0.0976. The number of benzene rings is 2. The van der Waals surface area contributed by atoms with E-state index in [2.05, 4.69) is 15.9 Å². The number of ether oxygens (including phenoxy) is 1. The summed E-state index contributed by atoms with van der Waals surface area (Å²) in [7, 11) is 0. The standard InChI is InChI=1S/C22H20BrClN2O4/c23-15-2-1-3-17(11-15)29-19-6-7-26(12-14(19)10-21(25)27)22(28)20-9-13-8-16(24)4-5-18(13)30-20/h1-5,8-9,11,14,19H,6-7,10,12H2,(H2,25,27)/t14-,19-/m0/s1. The van der Waals surface area contributed by atoms with Crippen molar-refractivity contribution in [3.05, 3.63) is 63.8 Å². The summed E-state index contributed by atoms with van der Waals surface area (Å²) in [5.41, 5.74) is 6.07. The molecule has 2 heterocycles. The van der Waals surface area contributed by atoms with Crippen molar-refractivity contribution < 1.29 is 18.7 Å². The van der Waals surface area contributed by atoms with E-state index < -0.39 is 5.91 Å². The van der Waals surface area contributed by atoms with Crippen LogP contribution in [0, 0.1) is 5.92 Å². The Bertz CT molecular complexity index is 1100. The number of rotatable bonds is 5. The van der Waals surface area contributed by atoms with Crippen molar-refractivity contribution in [3.8, 4) is 5.75 Å². The molecule has 30 heavy (non-hydrogen) atoms. The van der Waals surface area contributed by atoms with Crippen LogP contribution in [0.25, 0.3) is 11.0 Å². The maximum Gasteiger partial charge on any atom is 0.289 e. The largest absolute Gasteiger partial charge is 0.490 e. The molecular weight excluding hydrogens is 472 g/mol. The summed E-state index contributed by atoms with van der Waals surface area (Å²) in [6.45, 7) is 0.850. The van der Waals surface area contributed by atoms with Gasteiger partial charge in [0.25, 0.3) is 5.91 Å². The third-order valence-electron chi connectivity index (χ3n) is 5.19. The Labute approximate surface area is 187 Å². The molecule has 0 aliphatic carbocycles. The quantitative estimate of drug-likeness (QED) is 0.564. The molecule has 8 heteroatoms. The number of nitrogens with two attached hydrogens (primary N) is 1. The van der Waals surface area contributed by atoms with E-state index in [1.165, 1.54) is 0 Å². The highest BCUT2D eigenvalue weighted by Gasteiger charge is 2.35. The summed E-state index contributed by atoms with van der Waals surface area (Å²) in [5, 5.41) is 1.35. The maximum absolute atomic E-state index is 13.0. The number of primary amides is 1. The van der Waals surface area contributed by atoms with Gasteiger partial charge in [-0.1, -0.05) is 33.6 Å². The maximum atomic E-state index is 13.0. The van der Waals surface area contributed by atoms with Crippen LogP contribution in [0.5, 0.6) is 5.75 Å². The third kappa shape index (κ3) is 4.63. The molecule has 0 unspecified atom stereocenters. The Morgan fingerprint density at radius 1 is 1.23 bits per heavy atom. The number of amides is 2. The van der Waals surface area contributed by atoms with Crippen LogP contribution in [0.15, 0.2) is 57.4 Å². The second-order valence-electron chi connectivity index (χ2n) is 7.38. The zero-order valence-corrected chi connectivity index (χ0v) is 18.4. The highest BCUT2D eigenvalue weighted by Crippen LogP contribution is 2.29. The van der Waals surface area contributed by atoms with Gasteiger partial charge in [-0.25, -0.2) is 0 Å². The van der Waals surface area contributed by atoms with Crippen LogP contribution in [0.1, 0.15) is 23.4 Å². The first kappa shape index (κ1) is 20.8. The number of likely N-dealkylation sites (tertiary alicyclic amines) is 1. The number of hydrogen-bond donors (Lipinski definition) is 1. The van der Waals surface area contributed by atoms with Crippen molar-refractivity contribution in [2.24, 2.45) is 11.7 Å². The van der Waals surface area contributed by atoms with Gasteiger partial charge in [-0.2, -0.15) is 0 Å². The molecular formula is C22H20BrClN2O4. The van der Waals surface area contributed by atoms with E-state index in [1.54, 1.807) is 29.2 Å². The van der Waals surface area contributed by atoms with E-state index in [9.17, 15) is 9.59 Å². The van der Waals surface area contributed by atoms with Crippen LogP contribution in [0.3, 0.4) is 0 Å². The molecule has 1 aliphatic heterocycles. The monoisotopic (exact) mass is 490 g/mol. The molecule has 4 rings (SSSR count). The van der Waals surface area contributed by atoms with E-state index in [-0.39, 0.29) is 30.1 Å². The molecule has 2 atom stereocenters. The first-order valence-electron chi connectivity index (χ1n) is 9.58. The third-order valence-corrected chi connectivity index (χ3v) is 5.92. The number of nitrogens with zero attached hydrogens (tertiary/aromatic N) is 1. The first-order chi connectivity index (χ1) is 14.4. The number of carbonyl (C=O) groups is 2. The molecule has 1 aromatic heterocycles. The summed E-state index contributed by atoms with van der Waals surface area (Å²) in [6, 6.07) is 14.4. The average molecular weight is 492 g/mol. The number of hydrogen-bond acceptors (Lipinski definition) is 4. The Morgan fingerprint density at radius 2 is 2.07 bits per heavy atom. The second-order valence-corrected chi connectivity index (χ2v) is 8.73. The van der Waals surface area contributed by atoms with E-state index in [1.807, 2.05) is 24.3 Å². The van der Waals surface area contributed by atoms with Gasteiger partial charge in [0.15, 0.2) is 5.76 Å². The first-order valence-corrected chi connectivity index (χ1v) is 10.7. The lowest BCUT2D eigenvalue weighted by atomic mass is 9.91. The van der Waals surface area contributed by atoms with Crippen molar-refractivity contribution in [3.63, 3.8) is 0 Å². The molecule has 2 amide bonds. The molecule has 0 bridgehead atoms. The predicted octanol–water partition coefficient (Wildman–Crippen LogP) is 4.63. The van der Waals surface area contributed by atoms with Crippen LogP contribution in [-0.2, 0) is 4.79 Å². The molecule has 2 N–H and O–H groups in total. The molecule has 6 nitrogen and oxygen atoms in total. The fourth-order valence-corrected chi connectivity index (χ4v) is 4.35. The summed E-state index contributed by atoms with van der Waals surface area (Å²) in [6.07, 6.45) is 0.505. The van der Waals surface area contributed by atoms with E-state index in [4.69, 9.17) is 26.5 Å². The van der Waals surface area contributed by atoms with Gasteiger partial charge in [0.2, 0.25) is 5.91 Å². The van der Waals surface area contributed by atoms with Crippen molar-refractivity contribution in [2.45, 2.75) is 18.9 Å². The van der Waals surface area contributed by atoms with E-state index in [0.29, 0.717) is 35.9 Å². The number of halogens is 2. The Balaban J connectivity index is 1.51. The highest BCUT2D eigenvalue weighted by molar-refractivity contribution is 9.10. The molecule has 0 saturated carbocycles. The van der Waals surface area contributed by atoms with Crippen LogP contribution < -0.4 is 10.5 Å². The SMILES string of the molecule is NC(=O)C[C@H]1CN(C(=O)c2cc3cc(Cl)ccc3o2)CC[C@@H]1Oc1cccc(Br)c1. The Morgan fingerprint density at radius 3 is 2.83 bits per heavy atom. The molecule has 1 aliphatic rings. The highest BCUT2D eigenvalue weighted by atomic mass is 79.9. The Hall–Kier alpha value is -2.51. The minimum Gasteiger partial charge on any atom is -0.490 e. The van der Waals surface area contributed by atoms with E-state index in [0.717, 1.165) is 9.86 Å². The normalized spacial score (nSPS) is 19.1. The lowest BCUT2D eigenvalue weighted by Gasteiger charge is -2.37. The van der Waals surface area contributed by atoms with Gasteiger partial charge < -0.3 is 19.8 Å². The van der Waals surface area contributed by atoms with Gasteiger partial charge in [-0.3, -0.25) is 9.59 Å². The van der Waals surface area contributed by atoms with Crippen LogP contribution >= 0.6 is 27.5 Å². The lowest BCUT2D eigenvalue weighted by Crippen LogP contribution is -2.49. The number of piperidine rings is 1. The van der Waals surface area contributed by atoms with Gasteiger partial charge in [-0.05, 0) is 42.5 Å². The molecule has 3 aromatic rings. The molecule has 156 valence electrons. The lowest BCUT2D eigenvalue weighted by molar-refractivity contribution is -0.120.